The number of hydrogen-bond acceptors (Lipinski definition) is 4. The molecule has 0 saturated heterocycles. The maximum absolute atomic E-state index is 13.2. The number of halogens is 1. The number of aryl methyl sites for hydroxylation is 1. The SMILES string of the molecule is Cc1cccc(OCC(=O)NCc2ccc(Oc3cccc(F)c3)nc2)c1. The number of ether oxygens (including phenoxy) is 2. The molecule has 1 heterocycles. The molecule has 2 aromatic carbocycles. The number of aromatic nitrogens is 1. The summed E-state index contributed by atoms with van der Waals surface area (Å²) < 4.78 is 24.1. The monoisotopic (exact) mass is 366 g/mol. The van der Waals surface area contributed by atoms with E-state index in [0.717, 1.165) is 11.1 Å². The number of nitrogens with one attached hydrogen (secondary N) is 1. The third-order valence-electron chi connectivity index (χ3n) is 3.67. The molecule has 0 saturated carbocycles. The molecule has 1 amide bonds. The summed E-state index contributed by atoms with van der Waals surface area (Å²) in [4.78, 5) is 16.1. The molecule has 6 heteroatoms. The molecule has 0 atom stereocenters. The molecule has 0 bridgehead atoms. The van der Waals surface area contributed by atoms with E-state index in [1.165, 1.54) is 12.1 Å². The van der Waals surface area contributed by atoms with Crippen molar-refractivity contribution in [1.82, 2.24) is 10.3 Å². The van der Waals surface area contributed by atoms with Crippen molar-refractivity contribution in [3.8, 4) is 17.4 Å². The second-order valence-corrected chi connectivity index (χ2v) is 5.95. The lowest BCUT2D eigenvalue weighted by molar-refractivity contribution is -0.123. The molecule has 138 valence electrons. The van der Waals surface area contributed by atoms with Gasteiger partial charge in [-0.3, -0.25) is 4.79 Å². The molecule has 0 fully saturated rings. The summed E-state index contributed by atoms with van der Waals surface area (Å²) in [7, 11) is 0. The highest BCUT2D eigenvalue weighted by Crippen LogP contribution is 2.20. The average Bonchev–Trinajstić information content (AvgIpc) is 2.66. The van der Waals surface area contributed by atoms with Gasteiger partial charge in [0.1, 0.15) is 17.3 Å². The third-order valence-corrected chi connectivity index (χ3v) is 3.67. The fourth-order valence-electron chi connectivity index (χ4n) is 2.33. The van der Waals surface area contributed by atoms with E-state index in [1.54, 1.807) is 30.5 Å². The Balaban J connectivity index is 1.46. The average molecular weight is 366 g/mol. The lowest BCUT2D eigenvalue weighted by atomic mass is 10.2. The molecule has 0 aliphatic carbocycles. The maximum Gasteiger partial charge on any atom is 0.258 e. The second kappa shape index (κ2) is 8.80. The lowest BCUT2D eigenvalue weighted by Crippen LogP contribution is -2.28. The van der Waals surface area contributed by atoms with Crippen LogP contribution < -0.4 is 14.8 Å². The topological polar surface area (TPSA) is 60.5 Å². The van der Waals surface area contributed by atoms with Crippen LogP contribution in [0.1, 0.15) is 11.1 Å². The Hall–Kier alpha value is -3.41. The van der Waals surface area contributed by atoms with Gasteiger partial charge in [0, 0.05) is 24.9 Å². The third kappa shape index (κ3) is 5.81. The van der Waals surface area contributed by atoms with Crippen molar-refractivity contribution in [2.45, 2.75) is 13.5 Å². The van der Waals surface area contributed by atoms with E-state index in [0.29, 0.717) is 23.9 Å². The first-order valence-corrected chi connectivity index (χ1v) is 8.43. The Bertz CT molecular complexity index is 913. The highest BCUT2D eigenvalue weighted by molar-refractivity contribution is 5.77. The minimum absolute atomic E-state index is 0.0579. The van der Waals surface area contributed by atoms with E-state index >= 15 is 0 Å². The molecule has 0 radical (unpaired) electrons. The van der Waals surface area contributed by atoms with Gasteiger partial charge in [-0.1, -0.05) is 24.3 Å². The van der Waals surface area contributed by atoms with Crippen LogP contribution in [0.2, 0.25) is 0 Å². The second-order valence-electron chi connectivity index (χ2n) is 5.95. The summed E-state index contributed by atoms with van der Waals surface area (Å²) in [6.45, 7) is 2.22. The zero-order valence-electron chi connectivity index (χ0n) is 14.8. The maximum atomic E-state index is 13.2. The fraction of sp³-hybridized carbons (Fsp3) is 0.143. The standard InChI is InChI=1S/C21H19FN2O3/c1-15-4-2-6-18(10-15)26-14-20(25)23-12-16-8-9-21(24-13-16)27-19-7-3-5-17(22)11-19/h2-11,13H,12,14H2,1H3,(H,23,25). The largest absolute Gasteiger partial charge is 0.484 e. The van der Waals surface area contributed by atoms with Crippen LogP contribution in [0.4, 0.5) is 4.39 Å². The van der Waals surface area contributed by atoms with E-state index in [-0.39, 0.29) is 18.3 Å². The van der Waals surface area contributed by atoms with Gasteiger partial charge in [-0.05, 0) is 42.3 Å². The number of nitrogens with zero attached hydrogens (tertiary/aromatic N) is 1. The molecule has 0 aliphatic heterocycles. The summed E-state index contributed by atoms with van der Waals surface area (Å²) in [5.74, 6) is 0.775. The van der Waals surface area contributed by atoms with Gasteiger partial charge >= 0.3 is 0 Å². The van der Waals surface area contributed by atoms with Crippen LogP contribution in [-0.2, 0) is 11.3 Å². The first-order chi connectivity index (χ1) is 13.1. The molecule has 1 N–H and O–H groups in total. The van der Waals surface area contributed by atoms with E-state index in [2.05, 4.69) is 10.3 Å². The highest BCUT2D eigenvalue weighted by Gasteiger charge is 2.05. The highest BCUT2D eigenvalue weighted by atomic mass is 19.1. The van der Waals surface area contributed by atoms with Crippen molar-refractivity contribution >= 4 is 5.91 Å². The van der Waals surface area contributed by atoms with E-state index in [1.807, 2.05) is 31.2 Å². The molecular formula is C21H19FN2O3. The smallest absolute Gasteiger partial charge is 0.258 e. The Morgan fingerprint density at radius 2 is 1.89 bits per heavy atom. The van der Waals surface area contributed by atoms with Gasteiger partial charge in [0.2, 0.25) is 5.88 Å². The number of amides is 1. The minimum atomic E-state index is -0.375. The van der Waals surface area contributed by atoms with Gasteiger partial charge in [-0.15, -0.1) is 0 Å². The summed E-state index contributed by atoms with van der Waals surface area (Å²) >= 11 is 0. The normalized spacial score (nSPS) is 10.3. The van der Waals surface area contributed by atoms with Crippen molar-refractivity contribution < 1.29 is 18.7 Å². The van der Waals surface area contributed by atoms with Crippen LogP contribution in [0.25, 0.3) is 0 Å². The molecule has 1 aromatic heterocycles. The number of rotatable bonds is 7. The van der Waals surface area contributed by atoms with Gasteiger partial charge in [-0.2, -0.15) is 0 Å². The predicted octanol–water partition coefficient (Wildman–Crippen LogP) is 4.02. The first kappa shape index (κ1) is 18.4. The van der Waals surface area contributed by atoms with Crippen LogP contribution in [0.3, 0.4) is 0 Å². The van der Waals surface area contributed by atoms with Crippen molar-refractivity contribution in [3.63, 3.8) is 0 Å². The summed E-state index contributed by atoms with van der Waals surface area (Å²) in [5, 5.41) is 2.77. The van der Waals surface area contributed by atoms with Crippen LogP contribution in [-0.4, -0.2) is 17.5 Å². The van der Waals surface area contributed by atoms with Crippen LogP contribution >= 0.6 is 0 Å². The Kier molecular flexibility index (Phi) is 5.99. The fourth-order valence-corrected chi connectivity index (χ4v) is 2.33. The summed E-state index contributed by atoms with van der Waals surface area (Å²) in [6, 6.07) is 16.8. The molecule has 3 rings (SSSR count). The van der Waals surface area contributed by atoms with Crippen LogP contribution in [0.5, 0.6) is 17.4 Å². The molecule has 5 nitrogen and oxygen atoms in total. The molecular weight excluding hydrogens is 347 g/mol. The molecule has 0 spiro atoms. The van der Waals surface area contributed by atoms with E-state index in [9.17, 15) is 9.18 Å². The number of pyridine rings is 1. The van der Waals surface area contributed by atoms with E-state index in [4.69, 9.17) is 9.47 Å². The molecule has 3 aromatic rings. The quantitative estimate of drug-likeness (QED) is 0.686. The van der Waals surface area contributed by atoms with Gasteiger partial charge in [0.05, 0.1) is 0 Å². The van der Waals surface area contributed by atoms with Crippen LogP contribution in [0, 0.1) is 12.7 Å². The van der Waals surface area contributed by atoms with Crippen molar-refractivity contribution in [3.05, 3.63) is 83.8 Å². The number of carbonyl (C=O) groups is 1. The van der Waals surface area contributed by atoms with Gasteiger partial charge in [0.15, 0.2) is 6.61 Å². The lowest BCUT2D eigenvalue weighted by Gasteiger charge is -2.09. The Morgan fingerprint density at radius 1 is 1.07 bits per heavy atom. The van der Waals surface area contributed by atoms with Crippen molar-refractivity contribution in [2.75, 3.05) is 6.61 Å². The zero-order chi connectivity index (χ0) is 19.1. The van der Waals surface area contributed by atoms with E-state index < -0.39 is 0 Å². The summed E-state index contributed by atoms with van der Waals surface area (Å²) in [6.07, 6.45) is 1.59. The Labute approximate surface area is 156 Å². The first-order valence-electron chi connectivity index (χ1n) is 8.43. The Morgan fingerprint density at radius 3 is 2.63 bits per heavy atom. The predicted molar refractivity (Wildman–Crippen MR) is 99.2 cm³/mol. The molecule has 0 aliphatic rings. The van der Waals surface area contributed by atoms with Crippen molar-refractivity contribution in [2.24, 2.45) is 0 Å². The number of benzene rings is 2. The van der Waals surface area contributed by atoms with Gasteiger partial charge < -0.3 is 14.8 Å². The van der Waals surface area contributed by atoms with Crippen molar-refractivity contribution in [1.29, 1.82) is 0 Å². The van der Waals surface area contributed by atoms with Gasteiger partial charge in [-0.25, -0.2) is 9.37 Å². The molecule has 27 heavy (non-hydrogen) atoms. The molecule has 0 unspecified atom stereocenters. The number of hydrogen-bond donors (Lipinski definition) is 1. The number of carbonyl (C=O) groups excluding carboxylic acids is 1. The minimum Gasteiger partial charge on any atom is -0.484 e. The van der Waals surface area contributed by atoms with Gasteiger partial charge in [0.25, 0.3) is 5.91 Å². The summed E-state index contributed by atoms with van der Waals surface area (Å²) in [5.41, 5.74) is 1.88. The zero-order valence-corrected chi connectivity index (χ0v) is 14.8. The van der Waals surface area contributed by atoms with Crippen LogP contribution in [0.15, 0.2) is 66.9 Å².